The van der Waals surface area contributed by atoms with E-state index in [2.05, 4.69) is 25.8 Å². The third kappa shape index (κ3) is 3.25. The summed E-state index contributed by atoms with van der Waals surface area (Å²) in [6, 6.07) is 0.565. The van der Waals surface area contributed by atoms with Crippen molar-refractivity contribution in [3.8, 4) is 0 Å². The van der Waals surface area contributed by atoms with Gasteiger partial charge < -0.3 is 10.6 Å². The second-order valence-corrected chi connectivity index (χ2v) is 5.11. The van der Waals surface area contributed by atoms with Crippen LogP contribution in [0.4, 0.5) is 0 Å². The lowest BCUT2D eigenvalue weighted by Gasteiger charge is -2.33. The lowest BCUT2D eigenvalue weighted by atomic mass is 9.83. The van der Waals surface area contributed by atoms with E-state index in [1.807, 2.05) is 0 Å². The Morgan fingerprint density at radius 2 is 2.00 bits per heavy atom. The van der Waals surface area contributed by atoms with E-state index in [1.54, 1.807) is 0 Å². The van der Waals surface area contributed by atoms with Crippen LogP contribution >= 0.6 is 0 Å². The SMILES string of the molecule is CC(C)C(CN)N(C)CCC1CCC1. The summed E-state index contributed by atoms with van der Waals surface area (Å²) < 4.78 is 0. The summed E-state index contributed by atoms with van der Waals surface area (Å²) in [5, 5.41) is 0. The number of hydrogen-bond donors (Lipinski definition) is 1. The molecule has 1 atom stereocenters. The molecule has 1 aliphatic rings. The number of hydrogen-bond acceptors (Lipinski definition) is 2. The van der Waals surface area contributed by atoms with Crippen LogP contribution in [0.15, 0.2) is 0 Å². The molecule has 1 rings (SSSR count). The van der Waals surface area contributed by atoms with Gasteiger partial charge in [0.25, 0.3) is 0 Å². The van der Waals surface area contributed by atoms with Gasteiger partial charge in [0, 0.05) is 12.6 Å². The van der Waals surface area contributed by atoms with Crippen molar-refractivity contribution in [3.63, 3.8) is 0 Å². The molecule has 0 amide bonds. The van der Waals surface area contributed by atoms with Gasteiger partial charge in [0.15, 0.2) is 0 Å². The van der Waals surface area contributed by atoms with Crippen LogP contribution in [0.2, 0.25) is 0 Å². The first kappa shape index (κ1) is 12.0. The Morgan fingerprint density at radius 3 is 2.36 bits per heavy atom. The van der Waals surface area contributed by atoms with Crippen LogP contribution in [0, 0.1) is 11.8 Å². The fraction of sp³-hybridized carbons (Fsp3) is 1.00. The van der Waals surface area contributed by atoms with Crippen molar-refractivity contribution in [1.29, 1.82) is 0 Å². The first-order valence-electron chi connectivity index (χ1n) is 6.05. The summed E-state index contributed by atoms with van der Waals surface area (Å²) in [6.07, 6.45) is 5.75. The number of nitrogens with zero attached hydrogens (tertiary/aromatic N) is 1. The van der Waals surface area contributed by atoms with Crippen LogP contribution < -0.4 is 5.73 Å². The Morgan fingerprint density at radius 1 is 1.36 bits per heavy atom. The van der Waals surface area contributed by atoms with E-state index in [1.165, 1.54) is 32.2 Å². The van der Waals surface area contributed by atoms with Gasteiger partial charge in [0.1, 0.15) is 0 Å². The maximum Gasteiger partial charge on any atom is 0.0238 e. The zero-order valence-electron chi connectivity index (χ0n) is 10.00. The summed E-state index contributed by atoms with van der Waals surface area (Å²) in [6.45, 7) is 6.54. The number of rotatable bonds is 6. The molecule has 1 fully saturated rings. The minimum absolute atomic E-state index is 0.565. The summed E-state index contributed by atoms with van der Waals surface area (Å²) in [7, 11) is 2.22. The summed E-state index contributed by atoms with van der Waals surface area (Å²) >= 11 is 0. The fourth-order valence-electron chi connectivity index (χ4n) is 2.29. The molecule has 0 spiro atoms. The van der Waals surface area contributed by atoms with E-state index in [4.69, 9.17) is 5.73 Å². The zero-order valence-corrected chi connectivity index (χ0v) is 10.00. The van der Waals surface area contributed by atoms with Crippen LogP contribution in [0.3, 0.4) is 0 Å². The van der Waals surface area contributed by atoms with E-state index < -0.39 is 0 Å². The predicted octanol–water partition coefficient (Wildman–Crippen LogP) is 2.09. The standard InChI is InChI=1S/C12H26N2/c1-10(2)12(9-13)14(3)8-7-11-5-4-6-11/h10-12H,4-9,13H2,1-3H3. The highest BCUT2D eigenvalue weighted by Crippen LogP contribution is 2.29. The number of likely N-dealkylation sites (N-methyl/N-ethyl adjacent to an activating group) is 1. The van der Waals surface area contributed by atoms with Crippen molar-refractivity contribution in [2.75, 3.05) is 20.1 Å². The highest BCUT2D eigenvalue weighted by Gasteiger charge is 2.21. The topological polar surface area (TPSA) is 29.3 Å². The first-order valence-corrected chi connectivity index (χ1v) is 6.05. The average molecular weight is 198 g/mol. The molecule has 1 saturated carbocycles. The Hall–Kier alpha value is -0.0800. The van der Waals surface area contributed by atoms with Gasteiger partial charge in [0.2, 0.25) is 0 Å². The van der Waals surface area contributed by atoms with Crippen molar-refractivity contribution in [2.45, 2.75) is 45.6 Å². The van der Waals surface area contributed by atoms with Gasteiger partial charge in [0.05, 0.1) is 0 Å². The minimum atomic E-state index is 0.565. The second-order valence-electron chi connectivity index (χ2n) is 5.11. The van der Waals surface area contributed by atoms with E-state index in [-0.39, 0.29) is 0 Å². The van der Waals surface area contributed by atoms with Crippen molar-refractivity contribution in [1.82, 2.24) is 4.90 Å². The first-order chi connectivity index (χ1) is 6.65. The van der Waals surface area contributed by atoms with Gasteiger partial charge in [-0.25, -0.2) is 0 Å². The van der Waals surface area contributed by atoms with Crippen LogP contribution in [0.25, 0.3) is 0 Å². The summed E-state index contributed by atoms with van der Waals surface area (Å²) in [5.41, 5.74) is 5.79. The lowest BCUT2D eigenvalue weighted by molar-refractivity contribution is 0.168. The molecule has 2 heteroatoms. The molecule has 0 saturated heterocycles. The van der Waals surface area contributed by atoms with E-state index >= 15 is 0 Å². The van der Waals surface area contributed by atoms with Crippen molar-refractivity contribution >= 4 is 0 Å². The molecule has 0 aromatic heterocycles. The van der Waals surface area contributed by atoms with Crippen molar-refractivity contribution in [2.24, 2.45) is 17.6 Å². The monoisotopic (exact) mass is 198 g/mol. The van der Waals surface area contributed by atoms with Gasteiger partial charge >= 0.3 is 0 Å². The zero-order chi connectivity index (χ0) is 10.6. The van der Waals surface area contributed by atoms with Gasteiger partial charge in [-0.15, -0.1) is 0 Å². The highest BCUT2D eigenvalue weighted by molar-refractivity contribution is 4.76. The second kappa shape index (κ2) is 5.72. The van der Waals surface area contributed by atoms with Crippen LogP contribution in [-0.4, -0.2) is 31.1 Å². The third-order valence-electron chi connectivity index (χ3n) is 3.69. The lowest BCUT2D eigenvalue weighted by Crippen LogP contribution is -2.42. The molecule has 0 aromatic rings. The van der Waals surface area contributed by atoms with Crippen LogP contribution in [0.5, 0.6) is 0 Å². The predicted molar refractivity (Wildman–Crippen MR) is 62.3 cm³/mol. The Kier molecular flexibility index (Phi) is 4.90. The largest absolute Gasteiger partial charge is 0.329 e. The van der Waals surface area contributed by atoms with Gasteiger partial charge in [-0.05, 0) is 31.8 Å². The molecule has 2 N–H and O–H groups in total. The molecule has 0 aromatic carbocycles. The molecule has 1 unspecified atom stereocenters. The quantitative estimate of drug-likeness (QED) is 0.708. The smallest absolute Gasteiger partial charge is 0.0238 e. The molecule has 0 heterocycles. The molecule has 2 nitrogen and oxygen atoms in total. The normalized spacial score (nSPS) is 20.1. The Labute approximate surface area is 88.8 Å². The van der Waals surface area contributed by atoms with Crippen LogP contribution in [-0.2, 0) is 0 Å². The van der Waals surface area contributed by atoms with E-state index in [0.29, 0.717) is 12.0 Å². The maximum absolute atomic E-state index is 5.79. The van der Waals surface area contributed by atoms with Crippen LogP contribution in [0.1, 0.15) is 39.5 Å². The van der Waals surface area contributed by atoms with Gasteiger partial charge in [-0.3, -0.25) is 0 Å². The van der Waals surface area contributed by atoms with Gasteiger partial charge in [-0.1, -0.05) is 33.1 Å². The van der Waals surface area contributed by atoms with Crippen molar-refractivity contribution in [3.05, 3.63) is 0 Å². The molecule has 84 valence electrons. The van der Waals surface area contributed by atoms with E-state index in [9.17, 15) is 0 Å². The fourth-order valence-corrected chi connectivity index (χ4v) is 2.29. The maximum atomic E-state index is 5.79. The van der Waals surface area contributed by atoms with Crippen molar-refractivity contribution < 1.29 is 0 Å². The average Bonchev–Trinajstić information content (AvgIpc) is 2.01. The molecule has 1 aliphatic carbocycles. The number of nitrogens with two attached hydrogens (primary N) is 1. The molecule has 0 radical (unpaired) electrons. The molecular formula is C12H26N2. The molecule has 0 bridgehead atoms. The van der Waals surface area contributed by atoms with Gasteiger partial charge in [-0.2, -0.15) is 0 Å². The van der Waals surface area contributed by atoms with E-state index in [0.717, 1.165) is 12.5 Å². The molecule has 14 heavy (non-hydrogen) atoms. The minimum Gasteiger partial charge on any atom is -0.329 e. The third-order valence-corrected chi connectivity index (χ3v) is 3.69. The molecular weight excluding hydrogens is 172 g/mol. The summed E-state index contributed by atoms with van der Waals surface area (Å²) in [4.78, 5) is 2.45. The molecule has 0 aliphatic heterocycles. The Bertz CT molecular complexity index is 152. The highest BCUT2D eigenvalue weighted by atomic mass is 15.1. The summed E-state index contributed by atoms with van der Waals surface area (Å²) in [5.74, 6) is 1.69. The Balaban J connectivity index is 2.20.